The number of nitrogens with zero attached hydrogens (tertiary/aromatic N) is 1. The number of ketones is 2. The summed E-state index contributed by atoms with van der Waals surface area (Å²) >= 11 is 0. The fourth-order valence-corrected chi connectivity index (χ4v) is 7.39. The van der Waals surface area contributed by atoms with Crippen molar-refractivity contribution >= 4 is 34.4 Å². The van der Waals surface area contributed by atoms with Crippen LogP contribution < -0.4 is 19.7 Å². The van der Waals surface area contributed by atoms with E-state index in [0.717, 1.165) is 22.4 Å². The Morgan fingerprint density at radius 2 is 1.57 bits per heavy atom. The lowest BCUT2D eigenvalue weighted by Crippen LogP contribution is -2.51. The predicted molar refractivity (Wildman–Crippen MR) is 158 cm³/mol. The number of Topliss-reactive ketones (excluding diaryl/α,β-unsaturated/α-hetero) is 2. The van der Waals surface area contributed by atoms with Crippen LogP contribution in [0, 0.1) is 5.92 Å². The summed E-state index contributed by atoms with van der Waals surface area (Å²) in [6.45, 7) is 2.09. The van der Waals surface area contributed by atoms with Gasteiger partial charge in [0, 0.05) is 28.1 Å². The molecule has 1 amide bonds. The molecule has 0 bridgehead atoms. The molecular weight excluding hydrogens is 528 g/mol. The summed E-state index contributed by atoms with van der Waals surface area (Å²) in [6, 6.07) is 27.9. The third-order valence-corrected chi connectivity index (χ3v) is 9.15. The summed E-state index contributed by atoms with van der Waals surface area (Å²) in [5.74, 6) is -0.824. The van der Waals surface area contributed by atoms with Gasteiger partial charge in [-0.2, -0.15) is 0 Å². The number of benzene rings is 4. The molecular formula is C35H26N2O5. The number of amides is 1. The Balaban J connectivity index is 1.43. The van der Waals surface area contributed by atoms with Crippen molar-refractivity contribution < 1.29 is 23.9 Å². The van der Waals surface area contributed by atoms with E-state index in [4.69, 9.17) is 9.47 Å². The maximum Gasteiger partial charge on any atom is 0.238 e. The maximum absolute atomic E-state index is 15.0. The van der Waals surface area contributed by atoms with E-state index < -0.39 is 23.4 Å². The summed E-state index contributed by atoms with van der Waals surface area (Å²) in [4.78, 5) is 46.2. The minimum absolute atomic E-state index is 0.0714. The first-order valence-electron chi connectivity index (χ1n) is 14.0. The fourth-order valence-electron chi connectivity index (χ4n) is 7.39. The summed E-state index contributed by atoms with van der Waals surface area (Å²) in [6.07, 6.45) is 2.06. The molecule has 4 atom stereocenters. The van der Waals surface area contributed by atoms with Crippen molar-refractivity contribution in [2.24, 2.45) is 5.92 Å². The first kappa shape index (κ1) is 24.6. The number of hydrogen-bond acceptors (Lipinski definition) is 6. The van der Waals surface area contributed by atoms with Gasteiger partial charge in [0.2, 0.25) is 12.7 Å². The first-order valence-corrected chi connectivity index (χ1v) is 14.0. The highest BCUT2D eigenvalue weighted by Crippen LogP contribution is 2.59. The highest BCUT2D eigenvalue weighted by Gasteiger charge is 2.70. The summed E-state index contributed by atoms with van der Waals surface area (Å²) < 4.78 is 11.1. The van der Waals surface area contributed by atoms with Gasteiger partial charge >= 0.3 is 0 Å². The van der Waals surface area contributed by atoms with E-state index in [1.165, 1.54) is 0 Å². The van der Waals surface area contributed by atoms with Crippen LogP contribution in [0.1, 0.15) is 38.8 Å². The quantitative estimate of drug-likeness (QED) is 0.328. The molecule has 0 unspecified atom stereocenters. The van der Waals surface area contributed by atoms with Crippen LogP contribution in [-0.2, 0) is 10.2 Å². The molecule has 7 heteroatoms. The van der Waals surface area contributed by atoms with Gasteiger partial charge in [-0.05, 0) is 48.4 Å². The molecule has 42 heavy (non-hydrogen) atoms. The Morgan fingerprint density at radius 3 is 2.43 bits per heavy atom. The van der Waals surface area contributed by atoms with E-state index in [1.54, 1.807) is 30.3 Å². The van der Waals surface area contributed by atoms with Gasteiger partial charge in [-0.25, -0.2) is 0 Å². The van der Waals surface area contributed by atoms with Gasteiger partial charge in [0.15, 0.2) is 23.1 Å². The molecule has 0 saturated carbocycles. The smallest absolute Gasteiger partial charge is 0.238 e. The molecule has 1 spiro atoms. The summed E-state index contributed by atoms with van der Waals surface area (Å²) in [5, 5.41) is 3.08. The lowest BCUT2D eigenvalue weighted by Gasteiger charge is -2.39. The van der Waals surface area contributed by atoms with Gasteiger partial charge in [0.25, 0.3) is 0 Å². The van der Waals surface area contributed by atoms with Gasteiger partial charge in [0.05, 0.1) is 12.0 Å². The van der Waals surface area contributed by atoms with Crippen molar-refractivity contribution in [2.45, 2.75) is 24.4 Å². The van der Waals surface area contributed by atoms with Gasteiger partial charge in [0.1, 0.15) is 11.5 Å². The second kappa shape index (κ2) is 8.91. The normalized spacial score (nSPS) is 24.5. The SMILES string of the molecule is CC1=C[C@@H]2N(c3ccccc31)[C@H](C(=O)c1ccccc1)[C@@H](C(=O)c1ccc3c(c1)OCO3)[C@@]21C(=O)Nc2ccccc21. The average molecular weight is 555 g/mol. The van der Waals surface area contributed by atoms with Crippen LogP contribution >= 0.6 is 0 Å². The van der Waals surface area contributed by atoms with Crippen molar-refractivity contribution in [2.75, 3.05) is 17.0 Å². The Labute approximate surface area is 242 Å². The molecule has 0 aromatic heterocycles. The lowest BCUT2D eigenvalue weighted by atomic mass is 9.64. The third-order valence-electron chi connectivity index (χ3n) is 9.15. The number of carbonyl (C=O) groups is 3. The molecule has 0 aliphatic carbocycles. The second-order valence-electron chi connectivity index (χ2n) is 11.2. The number of rotatable bonds is 4. The number of allylic oxidation sites excluding steroid dienone is 1. The number of fused-ring (bicyclic) bond motifs is 7. The molecule has 7 nitrogen and oxygen atoms in total. The van der Waals surface area contributed by atoms with Gasteiger partial charge in [-0.15, -0.1) is 0 Å². The van der Waals surface area contributed by atoms with E-state index in [2.05, 4.69) is 11.4 Å². The molecule has 1 saturated heterocycles. The van der Waals surface area contributed by atoms with Gasteiger partial charge < -0.3 is 19.7 Å². The van der Waals surface area contributed by atoms with Crippen molar-refractivity contribution in [1.29, 1.82) is 0 Å². The molecule has 4 heterocycles. The summed E-state index contributed by atoms with van der Waals surface area (Å²) in [5.41, 5.74) is 3.64. The topological polar surface area (TPSA) is 84.9 Å². The average Bonchev–Trinajstić information content (AvgIpc) is 3.70. The first-order chi connectivity index (χ1) is 20.5. The van der Waals surface area contributed by atoms with E-state index in [9.17, 15) is 14.4 Å². The van der Waals surface area contributed by atoms with Crippen molar-refractivity contribution in [3.63, 3.8) is 0 Å². The summed E-state index contributed by atoms with van der Waals surface area (Å²) in [7, 11) is 0. The Hall–Kier alpha value is -5.17. The zero-order valence-corrected chi connectivity index (χ0v) is 22.7. The fraction of sp³-hybridized carbons (Fsp3) is 0.171. The van der Waals surface area contributed by atoms with Crippen molar-refractivity contribution in [1.82, 2.24) is 0 Å². The molecule has 4 aromatic carbocycles. The predicted octanol–water partition coefficient (Wildman–Crippen LogP) is 5.66. The molecule has 0 radical (unpaired) electrons. The van der Waals surface area contributed by atoms with Crippen LogP contribution in [-0.4, -0.2) is 36.4 Å². The minimum Gasteiger partial charge on any atom is -0.454 e. The van der Waals surface area contributed by atoms with Crippen molar-refractivity contribution in [3.8, 4) is 11.5 Å². The van der Waals surface area contributed by atoms with E-state index in [-0.39, 0.29) is 24.3 Å². The molecule has 1 fully saturated rings. The molecule has 4 aromatic rings. The van der Waals surface area contributed by atoms with Crippen LogP contribution in [0.15, 0.2) is 103 Å². The van der Waals surface area contributed by atoms with Crippen LogP contribution in [0.4, 0.5) is 11.4 Å². The molecule has 4 aliphatic rings. The third kappa shape index (κ3) is 3.19. The number of para-hydroxylation sites is 2. The molecule has 4 aliphatic heterocycles. The molecule has 206 valence electrons. The van der Waals surface area contributed by atoms with Crippen LogP contribution in [0.5, 0.6) is 11.5 Å². The van der Waals surface area contributed by atoms with Crippen LogP contribution in [0.25, 0.3) is 5.57 Å². The van der Waals surface area contributed by atoms with Crippen molar-refractivity contribution in [3.05, 3.63) is 125 Å². The van der Waals surface area contributed by atoms with Crippen LogP contribution in [0.2, 0.25) is 0 Å². The van der Waals surface area contributed by atoms with Gasteiger partial charge in [-0.3, -0.25) is 14.4 Å². The zero-order chi connectivity index (χ0) is 28.6. The zero-order valence-electron chi connectivity index (χ0n) is 22.7. The monoisotopic (exact) mass is 554 g/mol. The number of hydrogen-bond donors (Lipinski definition) is 1. The molecule has 1 N–H and O–H groups in total. The number of carbonyl (C=O) groups excluding carboxylic acids is 3. The largest absolute Gasteiger partial charge is 0.454 e. The number of ether oxygens (including phenoxy) is 2. The standard InChI is InChI=1S/C35H26N2O5/c1-20-17-29-35(24-12-6-7-13-25(24)36-34(35)40)30(32(38)22-15-16-27-28(18-22)42-19-41-27)31(33(39)21-9-3-2-4-10-21)37(29)26-14-8-5-11-23(20)26/h2-18,29-31H,19H2,1H3,(H,36,40)/t29-,30-,31-,35-/m0/s1. The molecule has 8 rings (SSSR count). The van der Waals surface area contributed by atoms with E-state index >= 15 is 0 Å². The van der Waals surface area contributed by atoms with E-state index in [1.807, 2.05) is 78.6 Å². The maximum atomic E-state index is 15.0. The highest BCUT2D eigenvalue weighted by atomic mass is 16.7. The Bertz CT molecular complexity index is 1850. The minimum atomic E-state index is -1.37. The Morgan fingerprint density at radius 1 is 0.833 bits per heavy atom. The second-order valence-corrected chi connectivity index (χ2v) is 11.2. The lowest BCUT2D eigenvalue weighted by molar-refractivity contribution is -0.121. The van der Waals surface area contributed by atoms with Gasteiger partial charge in [-0.1, -0.05) is 72.8 Å². The number of anilines is 2. The highest BCUT2D eigenvalue weighted by molar-refractivity contribution is 6.18. The van der Waals surface area contributed by atoms with E-state index in [0.29, 0.717) is 28.3 Å². The number of nitrogens with one attached hydrogen (secondary N) is 1. The Kier molecular flexibility index (Phi) is 5.22. The van der Waals surface area contributed by atoms with Crippen LogP contribution in [0.3, 0.4) is 0 Å².